The zero-order chi connectivity index (χ0) is 12.8. The van der Waals surface area contributed by atoms with Crippen LogP contribution in [0.25, 0.3) is 0 Å². The fraction of sp³-hybridized carbons (Fsp3) is 1.00. The largest absolute Gasteiger partial charge is 0.396 e. The Morgan fingerprint density at radius 1 is 0.706 bits per heavy atom. The van der Waals surface area contributed by atoms with Crippen molar-refractivity contribution in [3.8, 4) is 0 Å². The Bertz CT molecular complexity index is 133. The van der Waals surface area contributed by atoms with Crippen molar-refractivity contribution in [2.75, 3.05) is 6.61 Å². The summed E-state index contributed by atoms with van der Waals surface area (Å²) < 4.78 is 0. The Labute approximate surface area is 109 Å². The smallest absolute Gasteiger partial charge is 0.0433 e. The first-order chi connectivity index (χ1) is 8.31. The lowest BCUT2D eigenvalue weighted by molar-refractivity contribution is 0.256. The van der Waals surface area contributed by atoms with Gasteiger partial charge in [0.05, 0.1) is 0 Å². The molecule has 0 aromatic carbocycles. The van der Waals surface area contributed by atoms with Gasteiger partial charge in [-0.15, -0.1) is 0 Å². The Morgan fingerprint density at radius 3 is 1.65 bits per heavy atom. The highest BCUT2D eigenvalue weighted by atomic mass is 16.3. The molecule has 17 heavy (non-hydrogen) atoms. The first-order valence-corrected chi connectivity index (χ1v) is 7.92. The van der Waals surface area contributed by atoms with Crippen molar-refractivity contribution in [1.29, 1.82) is 0 Å². The predicted octanol–water partition coefficient (Wildman–Crippen LogP) is 5.32. The van der Waals surface area contributed by atoms with E-state index in [1.807, 2.05) is 0 Å². The van der Waals surface area contributed by atoms with Gasteiger partial charge in [0.15, 0.2) is 0 Å². The average Bonchev–Trinajstić information content (AvgIpc) is 2.32. The van der Waals surface area contributed by atoms with Gasteiger partial charge in [-0.25, -0.2) is 0 Å². The number of aliphatic hydroxyl groups is 1. The molecule has 0 spiro atoms. The normalized spacial score (nSPS) is 12.9. The van der Waals surface area contributed by atoms with E-state index in [2.05, 4.69) is 13.8 Å². The summed E-state index contributed by atoms with van der Waals surface area (Å²) >= 11 is 0. The Balaban J connectivity index is 2.98. The molecular formula is C16H34O. The molecule has 0 aliphatic rings. The molecular weight excluding hydrogens is 208 g/mol. The summed E-state index contributed by atoms with van der Waals surface area (Å²) in [5.74, 6) is 0.717. The van der Waals surface area contributed by atoms with E-state index < -0.39 is 0 Å². The van der Waals surface area contributed by atoms with Gasteiger partial charge in [-0.3, -0.25) is 0 Å². The summed E-state index contributed by atoms with van der Waals surface area (Å²) in [5.41, 5.74) is 0. The van der Waals surface area contributed by atoms with E-state index in [0.29, 0.717) is 12.5 Å². The highest BCUT2D eigenvalue weighted by Crippen LogP contribution is 2.15. The van der Waals surface area contributed by atoms with Gasteiger partial charge in [-0.2, -0.15) is 0 Å². The number of unbranched alkanes of at least 4 members (excludes halogenated alkanes) is 9. The zero-order valence-electron chi connectivity index (χ0n) is 12.2. The van der Waals surface area contributed by atoms with Crippen LogP contribution in [0.3, 0.4) is 0 Å². The summed E-state index contributed by atoms with van der Waals surface area (Å²) in [6.45, 7) is 4.89. The van der Waals surface area contributed by atoms with E-state index in [9.17, 15) is 0 Å². The molecule has 1 heteroatoms. The SMILES string of the molecule is CCCCCCCCCCCCC(C)CCO. The molecule has 1 unspecified atom stereocenters. The Morgan fingerprint density at radius 2 is 1.18 bits per heavy atom. The number of hydrogen-bond acceptors (Lipinski definition) is 1. The van der Waals surface area contributed by atoms with Crippen molar-refractivity contribution in [1.82, 2.24) is 0 Å². The second kappa shape index (κ2) is 14.0. The zero-order valence-corrected chi connectivity index (χ0v) is 12.2. The molecule has 0 heterocycles. The third-order valence-corrected chi connectivity index (χ3v) is 3.67. The van der Waals surface area contributed by atoms with Gasteiger partial charge in [0.1, 0.15) is 0 Å². The quantitative estimate of drug-likeness (QED) is 0.434. The van der Waals surface area contributed by atoms with Crippen LogP contribution in [0, 0.1) is 5.92 Å². The van der Waals surface area contributed by atoms with Crippen LogP contribution in [0.4, 0.5) is 0 Å². The van der Waals surface area contributed by atoms with E-state index in [-0.39, 0.29) is 0 Å². The van der Waals surface area contributed by atoms with Crippen LogP contribution < -0.4 is 0 Å². The molecule has 1 atom stereocenters. The summed E-state index contributed by atoms with van der Waals surface area (Å²) in [7, 11) is 0. The third-order valence-electron chi connectivity index (χ3n) is 3.67. The van der Waals surface area contributed by atoms with Crippen LogP contribution >= 0.6 is 0 Å². The van der Waals surface area contributed by atoms with Gasteiger partial charge in [-0.1, -0.05) is 84.5 Å². The van der Waals surface area contributed by atoms with Gasteiger partial charge < -0.3 is 5.11 Å². The molecule has 0 rings (SSSR count). The molecule has 0 aliphatic carbocycles. The topological polar surface area (TPSA) is 20.2 Å². The van der Waals surface area contributed by atoms with E-state index in [1.165, 1.54) is 70.6 Å². The van der Waals surface area contributed by atoms with Crippen molar-refractivity contribution < 1.29 is 5.11 Å². The van der Waals surface area contributed by atoms with Crippen molar-refractivity contribution in [3.63, 3.8) is 0 Å². The summed E-state index contributed by atoms with van der Waals surface area (Å²) in [4.78, 5) is 0. The lowest BCUT2D eigenvalue weighted by Crippen LogP contribution is -1.97. The molecule has 1 N–H and O–H groups in total. The lowest BCUT2D eigenvalue weighted by atomic mass is 9.99. The van der Waals surface area contributed by atoms with Gasteiger partial charge >= 0.3 is 0 Å². The molecule has 0 saturated carbocycles. The van der Waals surface area contributed by atoms with E-state index in [4.69, 9.17) is 5.11 Å². The molecule has 0 amide bonds. The minimum absolute atomic E-state index is 0.360. The van der Waals surface area contributed by atoms with Crippen LogP contribution in [-0.4, -0.2) is 11.7 Å². The fourth-order valence-electron chi connectivity index (χ4n) is 2.34. The average molecular weight is 242 g/mol. The molecule has 0 radical (unpaired) electrons. The van der Waals surface area contributed by atoms with Gasteiger partial charge in [-0.05, 0) is 12.3 Å². The molecule has 0 fully saturated rings. The molecule has 104 valence electrons. The maximum atomic E-state index is 8.80. The molecule has 0 bridgehead atoms. The predicted molar refractivity (Wildman–Crippen MR) is 77.3 cm³/mol. The molecule has 0 aromatic heterocycles. The summed E-state index contributed by atoms with van der Waals surface area (Å²) in [5, 5.41) is 8.80. The maximum Gasteiger partial charge on any atom is 0.0433 e. The fourth-order valence-corrected chi connectivity index (χ4v) is 2.34. The number of hydrogen-bond donors (Lipinski definition) is 1. The highest BCUT2D eigenvalue weighted by molar-refractivity contribution is 4.53. The third kappa shape index (κ3) is 13.9. The number of rotatable bonds is 13. The van der Waals surface area contributed by atoms with Crippen LogP contribution in [0.15, 0.2) is 0 Å². The standard InChI is InChI=1S/C16H34O/c1-3-4-5-6-7-8-9-10-11-12-13-16(2)14-15-17/h16-17H,3-15H2,1-2H3. The molecule has 0 aromatic rings. The van der Waals surface area contributed by atoms with Crippen LogP contribution in [0.2, 0.25) is 0 Å². The minimum atomic E-state index is 0.360. The van der Waals surface area contributed by atoms with Crippen molar-refractivity contribution >= 4 is 0 Å². The van der Waals surface area contributed by atoms with Gasteiger partial charge in [0.2, 0.25) is 0 Å². The van der Waals surface area contributed by atoms with Crippen molar-refractivity contribution in [2.45, 2.75) is 90.9 Å². The van der Waals surface area contributed by atoms with E-state index in [0.717, 1.165) is 6.42 Å². The van der Waals surface area contributed by atoms with Crippen molar-refractivity contribution in [3.05, 3.63) is 0 Å². The Kier molecular flexibility index (Phi) is 14.0. The Hall–Kier alpha value is -0.0400. The first kappa shape index (κ1) is 17.0. The van der Waals surface area contributed by atoms with Crippen molar-refractivity contribution in [2.24, 2.45) is 5.92 Å². The van der Waals surface area contributed by atoms with Crippen LogP contribution in [-0.2, 0) is 0 Å². The monoisotopic (exact) mass is 242 g/mol. The maximum absolute atomic E-state index is 8.80. The van der Waals surface area contributed by atoms with Gasteiger partial charge in [0.25, 0.3) is 0 Å². The number of aliphatic hydroxyl groups excluding tert-OH is 1. The van der Waals surface area contributed by atoms with Gasteiger partial charge in [0, 0.05) is 6.61 Å². The van der Waals surface area contributed by atoms with Crippen LogP contribution in [0.1, 0.15) is 90.9 Å². The van der Waals surface area contributed by atoms with E-state index in [1.54, 1.807) is 0 Å². The van der Waals surface area contributed by atoms with E-state index >= 15 is 0 Å². The highest BCUT2D eigenvalue weighted by Gasteiger charge is 2.00. The van der Waals surface area contributed by atoms with Crippen LogP contribution in [0.5, 0.6) is 0 Å². The molecule has 0 saturated heterocycles. The lowest BCUT2D eigenvalue weighted by Gasteiger charge is -2.08. The first-order valence-electron chi connectivity index (χ1n) is 7.92. The minimum Gasteiger partial charge on any atom is -0.396 e. The summed E-state index contributed by atoms with van der Waals surface area (Å²) in [6.07, 6.45) is 16.4. The molecule has 0 aliphatic heterocycles. The second-order valence-corrected chi connectivity index (χ2v) is 5.59. The second-order valence-electron chi connectivity index (χ2n) is 5.59. The molecule has 1 nitrogen and oxygen atoms in total. The summed E-state index contributed by atoms with van der Waals surface area (Å²) in [6, 6.07) is 0.